The SMILES string of the molecule is CC(NC(=O)[C@@H]1CCC[C@@H]1CN)C(C)(C)CN(C)C.Cl.Cl. The van der Waals surface area contributed by atoms with Gasteiger partial charge in [-0.2, -0.15) is 0 Å². The zero-order valence-corrected chi connectivity index (χ0v) is 15.6. The van der Waals surface area contributed by atoms with E-state index in [9.17, 15) is 4.79 Å². The molecule has 0 radical (unpaired) electrons. The third-order valence-corrected chi connectivity index (χ3v) is 4.55. The van der Waals surface area contributed by atoms with Crippen LogP contribution in [0.3, 0.4) is 0 Å². The zero-order chi connectivity index (χ0) is 14.6. The fraction of sp³-hybridized carbons (Fsp3) is 0.933. The molecule has 0 aromatic carbocycles. The van der Waals surface area contributed by atoms with Gasteiger partial charge in [0.1, 0.15) is 0 Å². The molecule has 1 rings (SSSR count). The van der Waals surface area contributed by atoms with E-state index in [1.807, 2.05) is 0 Å². The van der Waals surface area contributed by atoms with E-state index in [1.165, 1.54) is 0 Å². The number of nitrogens with zero attached hydrogens (tertiary/aromatic N) is 1. The van der Waals surface area contributed by atoms with Crippen LogP contribution in [0.15, 0.2) is 0 Å². The lowest BCUT2D eigenvalue weighted by Crippen LogP contribution is -2.49. The number of nitrogens with one attached hydrogen (secondary N) is 1. The minimum absolute atomic E-state index is 0. The highest BCUT2D eigenvalue weighted by atomic mass is 35.5. The number of amides is 1. The Hall–Kier alpha value is -0.0300. The molecule has 0 bridgehead atoms. The summed E-state index contributed by atoms with van der Waals surface area (Å²) in [6.45, 7) is 8.10. The van der Waals surface area contributed by atoms with E-state index in [0.717, 1.165) is 25.8 Å². The van der Waals surface area contributed by atoms with Gasteiger partial charge in [-0.1, -0.05) is 20.3 Å². The fourth-order valence-electron chi connectivity index (χ4n) is 3.13. The summed E-state index contributed by atoms with van der Waals surface area (Å²) in [6.07, 6.45) is 3.23. The number of carbonyl (C=O) groups is 1. The highest BCUT2D eigenvalue weighted by molar-refractivity contribution is 5.85. The minimum atomic E-state index is 0. The predicted octanol–water partition coefficient (Wildman–Crippen LogP) is 2.30. The van der Waals surface area contributed by atoms with Gasteiger partial charge >= 0.3 is 0 Å². The van der Waals surface area contributed by atoms with Gasteiger partial charge in [-0.25, -0.2) is 0 Å². The summed E-state index contributed by atoms with van der Waals surface area (Å²) in [7, 11) is 4.13. The highest BCUT2D eigenvalue weighted by Gasteiger charge is 2.35. The molecule has 1 saturated carbocycles. The van der Waals surface area contributed by atoms with Crippen LogP contribution in [0.2, 0.25) is 0 Å². The first-order valence-electron chi connectivity index (χ1n) is 7.43. The summed E-state index contributed by atoms with van der Waals surface area (Å²) in [6, 6.07) is 0.168. The molecule has 0 aromatic rings. The molecule has 4 nitrogen and oxygen atoms in total. The van der Waals surface area contributed by atoms with Gasteiger partial charge < -0.3 is 16.0 Å². The Bertz CT molecular complexity index is 311. The molecule has 3 atom stereocenters. The van der Waals surface area contributed by atoms with Crippen LogP contribution in [0.4, 0.5) is 0 Å². The van der Waals surface area contributed by atoms with Crippen molar-refractivity contribution in [3.8, 4) is 0 Å². The van der Waals surface area contributed by atoms with Crippen LogP contribution < -0.4 is 11.1 Å². The Balaban J connectivity index is 0. The van der Waals surface area contributed by atoms with Crippen LogP contribution in [0.5, 0.6) is 0 Å². The molecule has 0 aromatic heterocycles. The predicted molar refractivity (Wildman–Crippen MR) is 94.3 cm³/mol. The molecule has 128 valence electrons. The van der Waals surface area contributed by atoms with Gasteiger partial charge in [0.25, 0.3) is 0 Å². The lowest BCUT2D eigenvalue weighted by atomic mass is 9.84. The molecular weight excluding hydrogens is 309 g/mol. The van der Waals surface area contributed by atoms with Crippen molar-refractivity contribution in [3.63, 3.8) is 0 Å². The van der Waals surface area contributed by atoms with Crippen molar-refractivity contribution in [2.75, 3.05) is 27.2 Å². The number of rotatable bonds is 6. The van der Waals surface area contributed by atoms with Crippen LogP contribution in [0, 0.1) is 17.3 Å². The molecule has 0 spiro atoms. The van der Waals surface area contributed by atoms with Crippen LogP contribution in [0.1, 0.15) is 40.0 Å². The molecular formula is C15H33Cl2N3O. The maximum absolute atomic E-state index is 12.4. The first-order valence-corrected chi connectivity index (χ1v) is 7.43. The summed E-state index contributed by atoms with van der Waals surface area (Å²) < 4.78 is 0. The molecule has 1 amide bonds. The van der Waals surface area contributed by atoms with Gasteiger partial charge in [0, 0.05) is 18.5 Å². The average molecular weight is 342 g/mol. The Morgan fingerprint density at radius 2 is 1.90 bits per heavy atom. The van der Waals surface area contributed by atoms with Gasteiger partial charge in [-0.05, 0) is 51.7 Å². The second-order valence-corrected chi connectivity index (χ2v) is 6.99. The van der Waals surface area contributed by atoms with Gasteiger partial charge in [-0.15, -0.1) is 24.8 Å². The van der Waals surface area contributed by atoms with Crippen molar-refractivity contribution in [2.24, 2.45) is 23.0 Å². The zero-order valence-electron chi connectivity index (χ0n) is 14.0. The normalized spacial score (nSPS) is 23.2. The van der Waals surface area contributed by atoms with Gasteiger partial charge in [0.05, 0.1) is 0 Å². The summed E-state index contributed by atoms with van der Waals surface area (Å²) in [5, 5.41) is 3.21. The van der Waals surface area contributed by atoms with Crippen molar-refractivity contribution < 1.29 is 4.79 Å². The largest absolute Gasteiger partial charge is 0.353 e. The Labute approximate surface area is 142 Å². The molecule has 3 N–H and O–H groups in total. The number of hydrogen-bond acceptors (Lipinski definition) is 3. The van der Waals surface area contributed by atoms with E-state index in [0.29, 0.717) is 12.5 Å². The summed E-state index contributed by atoms with van der Waals surface area (Å²) in [4.78, 5) is 14.5. The first-order chi connectivity index (χ1) is 8.77. The van der Waals surface area contributed by atoms with Crippen molar-refractivity contribution in [2.45, 2.75) is 46.1 Å². The van der Waals surface area contributed by atoms with Gasteiger partial charge in [-0.3, -0.25) is 4.79 Å². The molecule has 6 heteroatoms. The lowest BCUT2D eigenvalue weighted by molar-refractivity contribution is -0.127. The molecule has 1 fully saturated rings. The molecule has 0 saturated heterocycles. The van der Waals surface area contributed by atoms with E-state index < -0.39 is 0 Å². The Kier molecular flexibility index (Phi) is 10.9. The third kappa shape index (κ3) is 6.72. The second kappa shape index (κ2) is 9.88. The molecule has 1 unspecified atom stereocenters. The molecule has 1 aliphatic carbocycles. The van der Waals surface area contributed by atoms with E-state index in [-0.39, 0.29) is 48.1 Å². The minimum Gasteiger partial charge on any atom is -0.353 e. The summed E-state index contributed by atoms with van der Waals surface area (Å²) in [5.74, 6) is 0.707. The Morgan fingerprint density at radius 1 is 1.33 bits per heavy atom. The first kappa shape index (κ1) is 23.2. The Morgan fingerprint density at radius 3 is 2.38 bits per heavy atom. The van der Waals surface area contributed by atoms with Crippen LogP contribution in [-0.4, -0.2) is 44.0 Å². The van der Waals surface area contributed by atoms with E-state index in [2.05, 4.69) is 45.1 Å². The average Bonchev–Trinajstić information content (AvgIpc) is 2.74. The van der Waals surface area contributed by atoms with Crippen molar-refractivity contribution in [3.05, 3.63) is 0 Å². The monoisotopic (exact) mass is 341 g/mol. The topological polar surface area (TPSA) is 58.4 Å². The molecule has 0 aliphatic heterocycles. The quantitative estimate of drug-likeness (QED) is 0.779. The second-order valence-electron chi connectivity index (χ2n) is 6.99. The number of halogens is 2. The highest BCUT2D eigenvalue weighted by Crippen LogP contribution is 2.31. The van der Waals surface area contributed by atoms with Gasteiger partial charge in [0.15, 0.2) is 0 Å². The molecule has 0 heterocycles. The van der Waals surface area contributed by atoms with E-state index >= 15 is 0 Å². The summed E-state index contributed by atoms with van der Waals surface area (Å²) >= 11 is 0. The fourth-order valence-corrected chi connectivity index (χ4v) is 3.13. The molecule has 21 heavy (non-hydrogen) atoms. The lowest BCUT2D eigenvalue weighted by Gasteiger charge is -2.35. The number of nitrogens with two attached hydrogens (primary N) is 1. The summed E-state index contributed by atoms with van der Waals surface area (Å²) in [5.41, 5.74) is 5.82. The van der Waals surface area contributed by atoms with Crippen LogP contribution in [0.25, 0.3) is 0 Å². The van der Waals surface area contributed by atoms with E-state index in [1.54, 1.807) is 0 Å². The molecule has 1 aliphatic rings. The van der Waals surface area contributed by atoms with Crippen LogP contribution in [-0.2, 0) is 4.79 Å². The van der Waals surface area contributed by atoms with Crippen LogP contribution >= 0.6 is 24.8 Å². The smallest absolute Gasteiger partial charge is 0.223 e. The standard InChI is InChI=1S/C15H31N3O.2ClH/c1-11(15(2,3)10-18(4)5)17-14(19)13-8-6-7-12(13)9-16;;/h11-13H,6-10,16H2,1-5H3,(H,17,19);2*1H/t11?,12-,13-;;/m1../s1. The maximum Gasteiger partial charge on any atom is 0.223 e. The maximum atomic E-state index is 12.4. The number of hydrogen-bond donors (Lipinski definition) is 2. The van der Waals surface area contributed by atoms with E-state index in [4.69, 9.17) is 5.73 Å². The van der Waals surface area contributed by atoms with Gasteiger partial charge in [0.2, 0.25) is 5.91 Å². The van der Waals surface area contributed by atoms with Crippen molar-refractivity contribution in [1.29, 1.82) is 0 Å². The van der Waals surface area contributed by atoms with Crippen molar-refractivity contribution in [1.82, 2.24) is 10.2 Å². The third-order valence-electron chi connectivity index (χ3n) is 4.55. The van der Waals surface area contributed by atoms with Crippen molar-refractivity contribution >= 4 is 30.7 Å². The number of carbonyl (C=O) groups excluding carboxylic acids is 1.